The van der Waals surface area contributed by atoms with Gasteiger partial charge in [0.2, 0.25) is 11.8 Å². The first-order valence-electron chi connectivity index (χ1n) is 7.33. The Hall–Kier alpha value is -1.96. The number of hydrogen-bond acceptors (Lipinski definition) is 6. The summed E-state index contributed by atoms with van der Waals surface area (Å²) in [6.45, 7) is 4.04. The molecule has 0 aromatic carbocycles. The molecule has 3 amide bonds. The van der Waals surface area contributed by atoms with Crippen LogP contribution in [0.1, 0.15) is 37.5 Å². The highest BCUT2D eigenvalue weighted by Gasteiger charge is 2.33. The number of aryl methyl sites for hydroxylation is 1. The van der Waals surface area contributed by atoms with E-state index in [0.717, 1.165) is 25.8 Å². The zero-order chi connectivity index (χ0) is 14.8. The molecule has 8 heteroatoms. The Kier molecular flexibility index (Phi) is 3.87. The molecular weight excluding hydrogens is 274 g/mol. The number of urea groups is 1. The SMILES string of the molecule is CCc1nc([C@H]2CCCN2CCN2C(=O)CNC2=O)no1. The van der Waals surface area contributed by atoms with Crippen molar-refractivity contribution < 1.29 is 14.1 Å². The van der Waals surface area contributed by atoms with Gasteiger partial charge in [0.1, 0.15) is 0 Å². The number of carbonyl (C=O) groups excluding carboxylic acids is 2. The standard InChI is InChI=1S/C13H19N5O3/c1-2-10-15-12(16-21-10)9-4-3-5-17(9)6-7-18-11(19)8-14-13(18)20/h9H,2-8H2,1H3,(H,14,20)/t9-/m1/s1. The molecule has 1 aromatic heterocycles. The summed E-state index contributed by atoms with van der Waals surface area (Å²) >= 11 is 0. The molecule has 0 radical (unpaired) electrons. The number of imide groups is 1. The van der Waals surface area contributed by atoms with Crippen molar-refractivity contribution in [3.63, 3.8) is 0 Å². The summed E-state index contributed by atoms with van der Waals surface area (Å²) in [5.41, 5.74) is 0. The monoisotopic (exact) mass is 293 g/mol. The van der Waals surface area contributed by atoms with Crippen molar-refractivity contribution in [3.05, 3.63) is 11.7 Å². The zero-order valence-electron chi connectivity index (χ0n) is 12.0. The van der Waals surface area contributed by atoms with Crippen molar-refractivity contribution in [2.75, 3.05) is 26.2 Å². The first-order chi connectivity index (χ1) is 10.2. The minimum absolute atomic E-state index is 0.104. The Balaban J connectivity index is 1.62. The normalized spacial score (nSPS) is 23.1. The van der Waals surface area contributed by atoms with Crippen LogP contribution in [0, 0.1) is 0 Å². The van der Waals surface area contributed by atoms with Crippen molar-refractivity contribution in [3.8, 4) is 0 Å². The molecule has 2 aliphatic rings. The van der Waals surface area contributed by atoms with Gasteiger partial charge in [0, 0.05) is 19.5 Å². The van der Waals surface area contributed by atoms with Gasteiger partial charge in [-0.15, -0.1) is 0 Å². The molecule has 2 fully saturated rings. The Morgan fingerprint density at radius 2 is 2.24 bits per heavy atom. The van der Waals surface area contributed by atoms with Crippen molar-refractivity contribution in [1.29, 1.82) is 0 Å². The topological polar surface area (TPSA) is 91.6 Å². The number of likely N-dealkylation sites (tertiary alicyclic amines) is 1. The quantitative estimate of drug-likeness (QED) is 0.786. The first kappa shape index (κ1) is 14.0. The van der Waals surface area contributed by atoms with Crippen LogP contribution in [0.25, 0.3) is 0 Å². The van der Waals surface area contributed by atoms with Gasteiger partial charge in [-0.25, -0.2) is 4.79 Å². The maximum Gasteiger partial charge on any atom is 0.324 e. The summed E-state index contributed by atoms with van der Waals surface area (Å²) in [5, 5.41) is 6.57. The Morgan fingerprint density at radius 1 is 1.38 bits per heavy atom. The van der Waals surface area contributed by atoms with Crippen molar-refractivity contribution >= 4 is 11.9 Å². The third-order valence-corrected chi connectivity index (χ3v) is 4.00. The van der Waals surface area contributed by atoms with Crippen LogP contribution in [0.3, 0.4) is 0 Å². The van der Waals surface area contributed by atoms with E-state index in [1.54, 1.807) is 0 Å². The Labute approximate surface area is 122 Å². The summed E-state index contributed by atoms with van der Waals surface area (Å²) in [7, 11) is 0. The van der Waals surface area contributed by atoms with Crippen LogP contribution in [0.5, 0.6) is 0 Å². The van der Waals surface area contributed by atoms with Gasteiger partial charge >= 0.3 is 6.03 Å². The van der Waals surface area contributed by atoms with Gasteiger partial charge < -0.3 is 9.84 Å². The molecule has 8 nitrogen and oxygen atoms in total. The lowest BCUT2D eigenvalue weighted by atomic mass is 10.2. The van der Waals surface area contributed by atoms with Gasteiger partial charge in [-0.2, -0.15) is 4.98 Å². The average Bonchev–Trinajstić information content (AvgIpc) is 3.18. The van der Waals surface area contributed by atoms with Crippen LogP contribution in [-0.4, -0.2) is 58.1 Å². The highest BCUT2D eigenvalue weighted by Crippen LogP contribution is 2.29. The lowest BCUT2D eigenvalue weighted by molar-refractivity contribution is -0.125. The van der Waals surface area contributed by atoms with Crippen LogP contribution in [0.2, 0.25) is 0 Å². The van der Waals surface area contributed by atoms with E-state index in [4.69, 9.17) is 4.52 Å². The van der Waals surface area contributed by atoms with Crippen molar-refractivity contribution in [1.82, 2.24) is 25.3 Å². The van der Waals surface area contributed by atoms with E-state index in [1.165, 1.54) is 4.90 Å². The van der Waals surface area contributed by atoms with Crippen LogP contribution in [0.4, 0.5) is 4.79 Å². The molecule has 3 rings (SSSR count). The van der Waals surface area contributed by atoms with Crippen molar-refractivity contribution in [2.24, 2.45) is 0 Å². The molecule has 21 heavy (non-hydrogen) atoms. The lowest BCUT2D eigenvalue weighted by Gasteiger charge is -2.23. The van der Waals surface area contributed by atoms with Crippen LogP contribution in [-0.2, 0) is 11.2 Å². The molecule has 0 unspecified atom stereocenters. The summed E-state index contributed by atoms with van der Waals surface area (Å²) in [5.74, 6) is 1.19. The molecule has 0 spiro atoms. The van der Waals surface area contributed by atoms with E-state index in [-0.39, 0.29) is 24.5 Å². The molecule has 0 saturated carbocycles. The third kappa shape index (κ3) is 2.76. The van der Waals surface area contributed by atoms with Gasteiger partial charge in [0.25, 0.3) is 0 Å². The van der Waals surface area contributed by atoms with Gasteiger partial charge in [-0.3, -0.25) is 14.6 Å². The number of aromatic nitrogens is 2. The van der Waals surface area contributed by atoms with Gasteiger partial charge in [0.05, 0.1) is 12.6 Å². The summed E-state index contributed by atoms with van der Waals surface area (Å²) in [6.07, 6.45) is 2.76. The third-order valence-electron chi connectivity index (χ3n) is 4.00. The van der Waals surface area contributed by atoms with Crippen LogP contribution in [0.15, 0.2) is 4.52 Å². The molecule has 0 bridgehead atoms. The molecule has 2 aliphatic heterocycles. The summed E-state index contributed by atoms with van der Waals surface area (Å²) < 4.78 is 5.17. The molecule has 3 heterocycles. The molecule has 114 valence electrons. The average molecular weight is 293 g/mol. The fourth-order valence-corrected chi connectivity index (χ4v) is 2.84. The number of carbonyl (C=O) groups is 2. The Bertz CT molecular complexity index is 528. The largest absolute Gasteiger partial charge is 0.339 e. The minimum Gasteiger partial charge on any atom is -0.339 e. The molecule has 1 N–H and O–H groups in total. The van der Waals surface area contributed by atoms with E-state index in [2.05, 4.69) is 20.4 Å². The highest BCUT2D eigenvalue weighted by atomic mass is 16.5. The fourth-order valence-electron chi connectivity index (χ4n) is 2.84. The van der Waals surface area contributed by atoms with Crippen molar-refractivity contribution in [2.45, 2.75) is 32.2 Å². The number of rotatable bonds is 5. The highest BCUT2D eigenvalue weighted by molar-refractivity contribution is 6.01. The predicted octanol–water partition coefficient (Wildman–Crippen LogP) is 0.321. The van der Waals surface area contributed by atoms with Crippen LogP contribution < -0.4 is 5.32 Å². The van der Waals surface area contributed by atoms with Crippen LogP contribution >= 0.6 is 0 Å². The van der Waals surface area contributed by atoms with E-state index in [0.29, 0.717) is 24.8 Å². The number of hydrogen-bond donors (Lipinski definition) is 1. The summed E-state index contributed by atoms with van der Waals surface area (Å²) in [6, 6.07) is -0.182. The number of nitrogens with one attached hydrogen (secondary N) is 1. The predicted molar refractivity (Wildman–Crippen MR) is 72.3 cm³/mol. The zero-order valence-corrected chi connectivity index (χ0v) is 12.0. The van der Waals surface area contributed by atoms with E-state index >= 15 is 0 Å². The molecule has 2 saturated heterocycles. The fraction of sp³-hybridized carbons (Fsp3) is 0.692. The number of amides is 3. The number of nitrogens with zero attached hydrogens (tertiary/aromatic N) is 4. The van der Waals surface area contributed by atoms with Gasteiger partial charge in [0.15, 0.2) is 5.82 Å². The summed E-state index contributed by atoms with van der Waals surface area (Å²) in [4.78, 5) is 31.0. The molecule has 1 aromatic rings. The molecule has 0 aliphatic carbocycles. The van der Waals surface area contributed by atoms with E-state index in [1.807, 2.05) is 6.92 Å². The lowest BCUT2D eigenvalue weighted by Crippen LogP contribution is -2.38. The van der Waals surface area contributed by atoms with E-state index < -0.39 is 0 Å². The first-order valence-corrected chi connectivity index (χ1v) is 7.33. The second-order valence-electron chi connectivity index (χ2n) is 5.30. The minimum atomic E-state index is -0.302. The van der Waals surface area contributed by atoms with E-state index in [9.17, 15) is 9.59 Å². The second-order valence-corrected chi connectivity index (χ2v) is 5.30. The Morgan fingerprint density at radius 3 is 2.90 bits per heavy atom. The second kappa shape index (κ2) is 5.80. The maximum absolute atomic E-state index is 11.6. The van der Waals surface area contributed by atoms with Gasteiger partial charge in [-0.1, -0.05) is 12.1 Å². The molecule has 1 atom stereocenters. The maximum atomic E-state index is 11.6. The van der Waals surface area contributed by atoms with Gasteiger partial charge in [-0.05, 0) is 19.4 Å². The molecular formula is C13H19N5O3. The smallest absolute Gasteiger partial charge is 0.324 e.